The fourth-order valence-corrected chi connectivity index (χ4v) is 11.0. The molecule has 41 nitrogen and oxygen atoms in total. The van der Waals surface area contributed by atoms with Crippen LogP contribution >= 0.6 is 12.6 Å². The molecule has 8 atom stereocenters. The number of phenols is 1. The number of aliphatic hydroxyl groups excluding tert-OH is 1. The van der Waals surface area contributed by atoms with Gasteiger partial charge < -0.3 is 125 Å². The first-order valence-corrected chi connectivity index (χ1v) is 50.1. The summed E-state index contributed by atoms with van der Waals surface area (Å²) in [5, 5.41) is 57.4. The van der Waals surface area contributed by atoms with E-state index in [0.29, 0.717) is 78.2 Å². The lowest BCUT2D eigenvalue weighted by atomic mass is 9.93. The van der Waals surface area contributed by atoms with Crippen LogP contribution in [0.15, 0.2) is 64.6 Å². The van der Waals surface area contributed by atoms with Gasteiger partial charge in [0.1, 0.15) is 54.4 Å². The molecule has 15 amide bonds. The summed E-state index contributed by atoms with van der Waals surface area (Å²) in [4.78, 5) is 202. The number of aromatic hydroxyl groups is 1. The molecular formula is C103H192N24O17S. The highest BCUT2D eigenvalue weighted by atomic mass is 32.1. The van der Waals surface area contributed by atoms with E-state index in [1.165, 1.54) is 6.34 Å². The summed E-state index contributed by atoms with van der Waals surface area (Å²) in [7, 11) is 27.0. The van der Waals surface area contributed by atoms with Gasteiger partial charge in [-0.25, -0.2) is 4.99 Å². The minimum absolute atomic E-state index is 0.0518. The van der Waals surface area contributed by atoms with Crippen molar-refractivity contribution in [1.29, 1.82) is 0 Å². The zero-order valence-electron chi connectivity index (χ0n) is 95.0. The lowest BCUT2D eigenvalue weighted by Gasteiger charge is -2.26. The van der Waals surface area contributed by atoms with Gasteiger partial charge in [0.2, 0.25) is 88.6 Å². The van der Waals surface area contributed by atoms with Crippen molar-refractivity contribution in [3.8, 4) is 5.75 Å². The van der Waals surface area contributed by atoms with Crippen molar-refractivity contribution in [2.75, 3.05) is 203 Å². The highest BCUT2D eigenvalue weighted by Gasteiger charge is 2.36. The molecule has 1 aliphatic heterocycles. The first-order chi connectivity index (χ1) is 66.4. The zero-order chi connectivity index (χ0) is 113. The standard InChI is InChI=1S/C18H29N3O3.C18H29N3O2.C15H27N5O2.C14H28N4O3.C14H29N3O2.C12H25N3O3.C12H25N3O2S/c1-18(2,3)17(24)20-15(16(23)19-10-11-21(4)5)12-13-6-8-14(22)9-7-13;1-18(2,3)17(23)20-15(13-14-9-7-6-8-10-14)16(22)19-11-12-21(4)5;1-15(2,3)14(22)19-12(8-11-9-16-10-18-11)13(21)17-6-7-20(4)5;1-14(2,3)13(21)17-10(6-7-11(15)19)12(20)16-8-9-18(4)5;1-10(2)11(16-13(19)14(3,4)5)12(18)15-8-9-17(6)7;1-12(2,3)11(18)14-9(8-16)10(17)13-6-7-15(4)5;1-12(2,3)11(17)14-9(8-18)10(16)13-6-7-15(4)5/h6-9,15,22H,10-12H2,1-5H3,(H,19,23)(H,20,24);6-10,15H,11-13H2,1-5H3,(H,19,22)(H,20,23);9-12H,6-8H2,1-5H3,(H,17,21)(H,19,22);10H,6-9H2,1-5H3,(H2,15,19)(H,16,20)(H,17,21);10-11H,8-9H2,1-7H3,(H,15,18)(H,16,19);9,16H,6-8H2,1-5H3,(H,13,17)(H,14,18);9,18H,6-8H2,1-5H3,(H,13,16)(H,14,17). The SMILES string of the molecule is CC(C)C(NC(=O)C(C)(C)C)C(=O)NCCN(C)C.CN(C)CCNC(=O)C(CC1C=NC=N1)NC(=O)C(C)(C)C.CN(C)CCNC(=O)C(CCC(N)=O)NC(=O)C(C)(C)C.CN(C)CCNC(=O)C(CO)NC(=O)C(C)(C)C.CN(C)CCNC(=O)C(CS)NC(=O)C(C)(C)C.CN(C)CCNC(=O)C(Cc1ccc(O)cc1)NC(=O)C(C)(C)C.CN(C)CCNC(=O)C(Cc1ccccc1)NC(=O)C(C)(C)C. The number of rotatable bonds is 47. The molecule has 0 saturated carbocycles. The van der Waals surface area contributed by atoms with Crippen LogP contribution in [0.25, 0.3) is 0 Å². The maximum atomic E-state index is 12.5. The summed E-state index contributed by atoms with van der Waals surface area (Å²) >= 11 is 4.10. The third kappa shape index (κ3) is 71.8. The average Bonchev–Trinajstić information content (AvgIpc) is 1.57. The Labute approximate surface area is 873 Å². The molecule has 2 aromatic carbocycles. The second kappa shape index (κ2) is 71.3. The lowest BCUT2D eigenvalue weighted by Crippen LogP contribution is -2.53. The van der Waals surface area contributed by atoms with Crippen LogP contribution in [0.3, 0.4) is 0 Å². The van der Waals surface area contributed by atoms with Gasteiger partial charge in [0.05, 0.1) is 12.6 Å². The third-order valence-electron chi connectivity index (χ3n) is 20.5. The number of thiol groups is 1. The van der Waals surface area contributed by atoms with Crippen LogP contribution in [0.2, 0.25) is 0 Å². The fraction of sp³-hybridized carbons (Fsp3) is 0.718. The second-order valence-electron chi connectivity index (χ2n) is 45.1. The third-order valence-corrected chi connectivity index (χ3v) is 20.9. The summed E-state index contributed by atoms with van der Waals surface area (Å²) in [6.07, 6.45) is 4.67. The number of hydrogen-bond donors (Lipinski definition) is 18. The minimum atomic E-state index is -0.890. The monoisotopic (exact) mass is 2070 g/mol. The molecule has 3 rings (SSSR count). The molecular weight excluding hydrogens is 1880 g/mol. The number of hydrogen-bond acceptors (Lipinski definition) is 27. The van der Waals surface area contributed by atoms with Gasteiger partial charge in [-0.3, -0.25) is 76.9 Å². The van der Waals surface area contributed by atoms with Crippen LogP contribution in [0.1, 0.15) is 190 Å². The highest BCUT2D eigenvalue weighted by molar-refractivity contribution is 7.80. The summed E-state index contributed by atoms with van der Waals surface area (Å²) in [5.74, 6) is -2.68. The largest absolute Gasteiger partial charge is 0.508 e. The molecule has 1 heterocycles. The van der Waals surface area contributed by atoms with Crippen molar-refractivity contribution in [2.24, 2.45) is 59.5 Å². The topological polar surface area (TPSA) is 538 Å². The number of aliphatic hydroxyl groups is 1. The Bertz CT molecular complexity index is 4170. The first-order valence-electron chi connectivity index (χ1n) is 49.5. The molecule has 145 heavy (non-hydrogen) atoms. The predicted octanol–water partition coefficient (Wildman–Crippen LogP) is 2.27. The van der Waals surface area contributed by atoms with E-state index in [-0.39, 0.29) is 119 Å². The van der Waals surface area contributed by atoms with Gasteiger partial charge in [-0.1, -0.05) is 202 Å². The van der Waals surface area contributed by atoms with Crippen LogP contribution < -0.4 is 80.2 Å². The summed E-state index contributed by atoms with van der Waals surface area (Å²) < 4.78 is 0. The summed E-state index contributed by atoms with van der Waals surface area (Å²) in [6.45, 7) is 50.2. The van der Waals surface area contributed by atoms with Crippen molar-refractivity contribution in [3.63, 3.8) is 0 Å². The van der Waals surface area contributed by atoms with Gasteiger partial charge in [-0.05, 0) is 134 Å². The Kier molecular flexibility index (Phi) is 69.3. The van der Waals surface area contributed by atoms with Crippen LogP contribution in [0.5, 0.6) is 5.75 Å². The van der Waals surface area contributed by atoms with Gasteiger partial charge in [-0.15, -0.1) is 0 Å². The normalized spacial score (nSPS) is 13.9. The summed E-state index contributed by atoms with van der Waals surface area (Å²) in [6, 6.07) is 11.7. The number of likely N-dealkylation sites (N-methyl/N-ethyl adjacent to an activating group) is 7. The van der Waals surface area contributed by atoms with Crippen LogP contribution in [0.4, 0.5) is 0 Å². The van der Waals surface area contributed by atoms with Crippen LogP contribution in [-0.4, -0.2) is 397 Å². The Morgan fingerprint density at radius 2 is 0.593 bits per heavy atom. The number of nitrogens with two attached hydrogens (primary N) is 1. The van der Waals surface area contributed by atoms with Crippen molar-refractivity contribution in [2.45, 2.75) is 240 Å². The van der Waals surface area contributed by atoms with E-state index < -0.39 is 92.7 Å². The molecule has 18 N–H and O–H groups in total. The van der Waals surface area contributed by atoms with Crippen molar-refractivity contribution in [3.05, 3.63) is 65.7 Å². The number of benzene rings is 2. The number of primary amides is 1. The van der Waals surface area contributed by atoms with Crippen molar-refractivity contribution >= 4 is 114 Å². The number of phenolic OH excluding ortho intramolecular Hbond substituents is 1. The smallest absolute Gasteiger partial charge is 0.245 e. The van der Waals surface area contributed by atoms with E-state index in [4.69, 9.17) is 10.8 Å². The number of amides is 15. The average molecular weight is 2070 g/mol. The molecule has 0 aromatic heterocycles. The molecule has 0 bridgehead atoms. The number of aliphatic imine (C=N–C) groups is 2. The molecule has 8 unspecified atom stereocenters. The van der Waals surface area contributed by atoms with Gasteiger partial charge in [0.15, 0.2) is 0 Å². The van der Waals surface area contributed by atoms with E-state index >= 15 is 0 Å². The van der Waals surface area contributed by atoms with E-state index in [2.05, 4.69) is 97.0 Å². The van der Waals surface area contributed by atoms with Gasteiger partial charge in [0.25, 0.3) is 0 Å². The van der Waals surface area contributed by atoms with Gasteiger partial charge >= 0.3 is 0 Å². The molecule has 0 radical (unpaired) electrons. The van der Waals surface area contributed by atoms with Gasteiger partial charge in [-0.2, -0.15) is 12.6 Å². The number of nitrogens with zero attached hydrogens (tertiary/aromatic N) is 9. The molecule has 0 saturated heterocycles. The zero-order valence-corrected chi connectivity index (χ0v) is 95.9. The predicted molar refractivity (Wildman–Crippen MR) is 582 cm³/mol. The molecule has 0 fully saturated rings. The number of carbonyl (C=O) groups is 15. The van der Waals surface area contributed by atoms with E-state index in [0.717, 1.165) is 43.9 Å². The van der Waals surface area contributed by atoms with E-state index in [1.807, 2.05) is 281 Å². The fourth-order valence-electron chi connectivity index (χ4n) is 10.8. The summed E-state index contributed by atoms with van der Waals surface area (Å²) in [5.41, 5.74) is 3.17. The van der Waals surface area contributed by atoms with Crippen LogP contribution in [0, 0.1) is 43.8 Å². The van der Waals surface area contributed by atoms with Crippen molar-refractivity contribution < 1.29 is 82.1 Å². The molecule has 1 aliphatic rings. The molecule has 832 valence electrons. The highest BCUT2D eigenvalue weighted by Crippen LogP contribution is 2.21. The Morgan fingerprint density at radius 1 is 0.345 bits per heavy atom. The quantitative estimate of drug-likeness (QED) is 0.0423. The maximum absolute atomic E-state index is 12.5. The minimum Gasteiger partial charge on any atom is -0.508 e. The van der Waals surface area contributed by atoms with Gasteiger partial charge in [0, 0.05) is 167 Å². The molecule has 42 heteroatoms. The molecule has 0 aliphatic carbocycles. The molecule has 0 spiro atoms. The first kappa shape index (κ1) is 141. The molecule has 2 aromatic rings. The Balaban J connectivity index is -0.000000802. The lowest BCUT2D eigenvalue weighted by molar-refractivity contribution is -0.134. The van der Waals surface area contributed by atoms with E-state index in [1.54, 1.807) is 72.0 Å². The second-order valence-corrected chi connectivity index (χ2v) is 45.4. The Hall–Kier alpha value is -10.3. The number of nitrogens with one attached hydrogen (secondary N) is 14. The number of carbonyl (C=O) groups excluding carboxylic acids is 15. The van der Waals surface area contributed by atoms with Crippen molar-refractivity contribution in [1.82, 2.24) is 109 Å². The Morgan fingerprint density at radius 3 is 0.862 bits per heavy atom. The van der Waals surface area contributed by atoms with E-state index in [9.17, 15) is 77.0 Å². The van der Waals surface area contributed by atoms with Crippen LogP contribution in [-0.2, 0) is 84.8 Å². The maximum Gasteiger partial charge on any atom is 0.245 e.